The van der Waals surface area contributed by atoms with E-state index < -0.39 is 24.9 Å². The van der Waals surface area contributed by atoms with Crippen LogP contribution in [0.4, 0.5) is 13.2 Å². The molecule has 0 bridgehead atoms. The number of nitrogens with zero attached hydrogens (tertiary/aromatic N) is 2. The van der Waals surface area contributed by atoms with Crippen molar-refractivity contribution in [1.82, 2.24) is 9.55 Å². The number of aryl methyl sites for hydroxylation is 1. The summed E-state index contributed by atoms with van der Waals surface area (Å²) in [6.45, 7) is 0.668. The van der Waals surface area contributed by atoms with Crippen molar-refractivity contribution in [3.8, 4) is 17.0 Å². The maximum absolute atomic E-state index is 14.4. The number of ether oxygens (including phenoxy) is 3. The standard InChI is InChI=1S/C17H17BrClF3N2O4/c1-3-26-4-5-27-14(25)8-28-13-6-10(12(20)7-11(13)19)15-16(18)24(17(21)22)9(2)23-15/h6-7,17H,3-5,8H2,1-2H3. The molecule has 0 aliphatic carbocycles. The third kappa shape index (κ3) is 5.39. The normalized spacial score (nSPS) is 11.1. The summed E-state index contributed by atoms with van der Waals surface area (Å²) in [5, 5.41) is -0.0931. The van der Waals surface area contributed by atoms with E-state index in [0.29, 0.717) is 11.2 Å². The van der Waals surface area contributed by atoms with Crippen LogP contribution in [0.5, 0.6) is 5.75 Å². The van der Waals surface area contributed by atoms with Crippen molar-refractivity contribution in [2.24, 2.45) is 0 Å². The Kier molecular flexibility index (Phi) is 8.14. The number of rotatable bonds is 9. The third-order valence-corrected chi connectivity index (χ3v) is 4.59. The zero-order valence-electron chi connectivity index (χ0n) is 15.0. The van der Waals surface area contributed by atoms with Crippen molar-refractivity contribution >= 4 is 33.5 Å². The van der Waals surface area contributed by atoms with Gasteiger partial charge in [0.15, 0.2) is 6.61 Å². The highest BCUT2D eigenvalue weighted by molar-refractivity contribution is 9.10. The average Bonchev–Trinajstić information content (AvgIpc) is 2.92. The average molecular weight is 486 g/mol. The number of imidazole rings is 1. The van der Waals surface area contributed by atoms with Crippen molar-refractivity contribution in [3.05, 3.63) is 33.4 Å². The number of carbonyl (C=O) groups is 1. The van der Waals surface area contributed by atoms with E-state index in [2.05, 4.69) is 20.9 Å². The van der Waals surface area contributed by atoms with Gasteiger partial charge in [-0.25, -0.2) is 14.2 Å². The van der Waals surface area contributed by atoms with Crippen LogP contribution in [-0.4, -0.2) is 41.9 Å². The number of carbonyl (C=O) groups excluding carboxylic acids is 1. The molecule has 0 unspecified atom stereocenters. The second-order valence-corrected chi connectivity index (χ2v) is 6.57. The lowest BCUT2D eigenvalue weighted by Gasteiger charge is -2.11. The van der Waals surface area contributed by atoms with Gasteiger partial charge in [0.1, 0.15) is 34.3 Å². The van der Waals surface area contributed by atoms with Gasteiger partial charge in [-0.05, 0) is 41.9 Å². The summed E-state index contributed by atoms with van der Waals surface area (Å²) < 4.78 is 56.3. The van der Waals surface area contributed by atoms with Gasteiger partial charge in [0.2, 0.25) is 0 Å². The van der Waals surface area contributed by atoms with Gasteiger partial charge in [-0.1, -0.05) is 11.6 Å². The maximum atomic E-state index is 14.4. The fraction of sp³-hybridized carbons (Fsp3) is 0.412. The number of hydrogen-bond acceptors (Lipinski definition) is 5. The number of hydrogen-bond donors (Lipinski definition) is 0. The summed E-state index contributed by atoms with van der Waals surface area (Å²) in [5.41, 5.74) is -0.158. The second-order valence-electron chi connectivity index (χ2n) is 5.41. The first-order valence-electron chi connectivity index (χ1n) is 8.14. The lowest BCUT2D eigenvalue weighted by atomic mass is 10.1. The SMILES string of the molecule is CCOCCOC(=O)COc1cc(-c2nc(C)n(C(F)F)c2Br)c(F)cc1Cl. The zero-order valence-corrected chi connectivity index (χ0v) is 17.3. The third-order valence-electron chi connectivity index (χ3n) is 3.54. The molecular weight excluding hydrogens is 469 g/mol. The van der Waals surface area contributed by atoms with E-state index in [9.17, 15) is 18.0 Å². The molecule has 1 aromatic heterocycles. The number of esters is 1. The van der Waals surface area contributed by atoms with Gasteiger partial charge in [0.05, 0.1) is 11.6 Å². The highest BCUT2D eigenvalue weighted by Gasteiger charge is 2.23. The van der Waals surface area contributed by atoms with Gasteiger partial charge >= 0.3 is 12.5 Å². The van der Waals surface area contributed by atoms with E-state index in [1.54, 1.807) is 0 Å². The van der Waals surface area contributed by atoms with E-state index >= 15 is 0 Å². The summed E-state index contributed by atoms with van der Waals surface area (Å²) in [6.07, 6.45) is 0. The lowest BCUT2D eigenvalue weighted by molar-refractivity contribution is -0.147. The minimum Gasteiger partial charge on any atom is -0.480 e. The van der Waals surface area contributed by atoms with Gasteiger partial charge in [-0.3, -0.25) is 4.57 Å². The zero-order chi connectivity index (χ0) is 20.8. The van der Waals surface area contributed by atoms with Crippen molar-refractivity contribution in [3.63, 3.8) is 0 Å². The highest BCUT2D eigenvalue weighted by Crippen LogP contribution is 2.37. The molecular formula is C17H17BrClF3N2O4. The minimum absolute atomic E-state index is 0.00781. The second kappa shape index (κ2) is 10.1. The fourth-order valence-corrected chi connectivity index (χ4v) is 3.19. The van der Waals surface area contributed by atoms with Crippen molar-refractivity contribution in [1.29, 1.82) is 0 Å². The molecule has 11 heteroatoms. The highest BCUT2D eigenvalue weighted by atomic mass is 79.9. The van der Waals surface area contributed by atoms with Gasteiger partial charge in [0, 0.05) is 12.2 Å². The Morgan fingerprint density at radius 3 is 2.68 bits per heavy atom. The van der Waals surface area contributed by atoms with Crippen LogP contribution >= 0.6 is 27.5 Å². The molecule has 28 heavy (non-hydrogen) atoms. The molecule has 0 N–H and O–H groups in total. The molecule has 0 radical (unpaired) electrons. The van der Waals surface area contributed by atoms with Crippen LogP contribution in [0.15, 0.2) is 16.7 Å². The predicted octanol–water partition coefficient (Wildman–Crippen LogP) is 4.77. The van der Waals surface area contributed by atoms with Crippen molar-refractivity contribution < 1.29 is 32.2 Å². The van der Waals surface area contributed by atoms with Crippen LogP contribution in [0.1, 0.15) is 19.3 Å². The molecule has 0 saturated heterocycles. The first kappa shape index (κ1) is 22.5. The number of aromatic nitrogens is 2. The van der Waals surface area contributed by atoms with E-state index in [-0.39, 0.29) is 45.7 Å². The molecule has 2 aromatic rings. The Hall–Kier alpha value is -1.78. The molecule has 0 aliphatic rings. The van der Waals surface area contributed by atoms with Crippen LogP contribution in [0.2, 0.25) is 5.02 Å². The summed E-state index contributed by atoms with van der Waals surface area (Å²) in [5.74, 6) is -1.47. The van der Waals surface area contributed by atoms with Gasteiger partial charge in [-0.2, -0.15) is 8.78 Å². The maximum Gasteiger partial charge on any atom is 0.344 e. The van der Waals surface area contributed by atoms with Crippen LogP contribution in [-0.2, 0) is 14.3 Å². The lowest BCUT2D eigenvalue weighted by Crippen LogP contribution is -2.17. The van der Waals surface area contributed by atoms with E-state index in [0.717, 1.165) is 6.07 Å². The Morgan fingerprint density at radius 2 is 2.07 bits per heavy atom. The molecule has 0 spiro atoms. The molecule has 0 fully saturated rings. The Bertz CT molecular complexity index is 848. The molecule has 0 aliphatic heterocycles. The van der Waals surface area contributed by atoms with Crippen LogP contribution in [0, 0.1) is 12.7 Å². The van der Waals surface area contributed by atoms with Gasteiger partial charge in [-0.15, -0.1) is 0 Å². The Morgan fingerprint density at radius 1 is 1.36 bits per heavy atom. The summed E-state index contributed by atoms with van der Waals surface area (Å²) >= 11 is 8.96. The van der Waals surface area contributed by atoms with Crippen LogP contribution in [0.3, 0.4) is 0 Å². The van der Waals surface area contributed by atoms with E-state index in [1.807, 2.05) is 6.92 Å². The van der Waals surface area contributed by atoms with Crippen LogP contribution < -0.4 is 4.74 Å². The monoisotopic (exact) mass is 484 g/mol. The number of benzene rings is 1. The predicted molar refractivity (Wildman–Crippen MR) is 99.3 cm³/mol. The van der Waals surface area contributed by atoms with Gasteiger partial charge in [0.25, 0.3) is 0 Å². The topological polar surface area (TPSA) is 62.6 Å². The Labute approximate surface area is 172 Å². The summed E-state index contributed by atoms with van der Waals surface area (Å²) in [6, 6.07) is 2.14. The van der Waals surface area contributed by atoms with E-state index in [4.69, 9.17) is 25.8 Å². The molecule has 154 valence electrons. The quantitative estimate of drug-likeness (QED) is 0.378. The molecule has 0 saturated carbocycles. The van der Waals surface area contributed by atoms with Crippen molar-refractivity contribution in [2.45, 2.75) is 20.4 Å². The first-order chi connectivity index (χ1) is 13.3. The smallest absolute Gasteiger partial charge is 0.344 e. The van der Waals surface area contributed by atoms with Gasteiger partial charge < -0.3 is 14.2 Å². The molecule has 1 aromatic carbocycles. The fourth-order valence-electron chi connectivity index (χ4n) is 2.27. The van der Waals surface area contributed by atoms with Crippen molar-refractivity contribution in [2.75, 3.05) is 26.4 Å². The largest absolute Gasteiger partial charge is 0.480 e. The summed E-state index contributed by atoms with van der Waals surface area (Å²) in [7, 11) is 0. The number of alkyl halides is 2. The first-order valence-corrected chi connectivity index (χ1v) is 9.31. The molecule has 1 heterocycles. The number of halogens is 5. The summed E-state index contributed by atoms with van der Waals surface area (Å²) in [4.78, 5) is 15.6. The molecule has 6 nitrogen and oxygen atoms in total. The molecule has 2 rings (SSSR count). The minimum atomic E-state index is -2.85. The Balaban J connectivity index is 2.19. The molecule has 0 amide bonds. The molecule has 0 atom stereocenters. The van der Waals surface area contributed by atoms with E-state index in [1.165, 1.54) is 13.0 Å². The van der Waals surface area contributed by atoms with Crippen LogP contribution in [0.25, 0.3) is 11.3 Å².